The van der Waals surface area contributed by atoms with E-state index in [1.165, 1.54) is 16.1 Å². The maximum Gasteiger partial charge on any atom is 0.0897 e. The zero-order valence-corrected chi connectivity index (χ0v) is 12.5. The summed E-state index contributed by atoms with van der Waals surface area (Å²) < 4.78 is 0. The van der Waals surface area contributed by atoms with Gasteiger partial charge in [-0.3, -0.25) is 0 Å². The topological polar surface area (TPSA) is 61.7 Å². The van der Waals surface area contributed by atoms with Crippen molar-refractivity contribution in [1.29, 1.82) is 0 Å². The lowest BCUT2D eigenvalue weighted by Crippen LogP contribution is -1.90. The number of aryl methyl sites for hydroxylation is 4. The largest absolute Gasteiger partial charge is 0.247 e. The summed E-state index contributed by atoms with van der Waals surface area (Å²) in [5, 5.41) is 9.05. The molecule has 0 fully saturated rings. The molecule has 0 aliphatic carbocycles. The fraction of sp³-hybridized carbons (Fsp3) is 0.462. The van der Waals surface area contributed by atoms with Crippen LogP contribution in [0.15, 0.2) is 21.9 Å². The van der Waals surface area contributed by atoms with E-state index in [4.69, 9.17) is 5.53 Å². The van der Waals surface area contributed by atoms with Crippen molar-refractivity contribution in [2.24, 2.45) is 5.11 Å². The van der Waals surface area contributed by atoms with Crippen molar-refractivity contribution < 1.29 is 0 Å². The Morgan fingerprint density at radius 2 is 2.16 bits per heavy atom. The molecule has 6 heteroatoms. The molecule has 0 saturated carbocycles. The summed E-state index contributed by atoms with van der Waals surface area (Å²) >= 11 is 3.51. The van der Waals surface area contributed by atoms with E-state index in [0.29, 0.717) is 6.54 Å². The summed E-state index contributed by atoms with van der Waals surface area (Å²) in [6, 6.07) is 2.26. The second kappa shape index (κ2) is 7.28. The number of hydrogen-bond acceptors (Lipinski definition) is 4. The van der Waals surface area contributed by atoms with Gasteiger partial charge in [-0.15, -0.1) is 22.7 Å². The van der Waals surface area contributed by atoms with E-state index in [0.717, 1.165) is 30.7 Å². The van der Waals surface area contributed by atoms with Gasteiger partial charge in [0.05, 0.1) is 10.7 Å². The molecule has 2 heterocycles. The van der Waals surface area contributed by atoms with E-state index < -0.39 is 0 Å². The highest BCUT2D eigenvalue weighted by molar-refractivity contribution is 7.10. The third-order valence-corrected chi connectivity index (χ3v) is 4.66. The Morgan fingerprint density at radius 3 is 2.89 bits per heavy atom. The highest BCUT2D eigenvalue weighted by Gasteiger charge is 2.03. The molecule has 4 nitrogen and oxygen atoms in total. The smallest absolute Gasteiger partial charge is 0.0897 e. The van der Waals surface area contributed by atoms with Crippen molar-refractivity contribution in [3.8, 4) is 0 Å². The van der Waals surface area contributed by atoms with Gasteiger partial charge in [0.15, 0.2) is 0 Å². The van der Waals surface area contributed by atoms with Gasteiger partial charge < -0.3 is 0 Å². The van der Waals surface area contributed by atoms with E-state index in [1.807, 2.05) is 6.92 Å². The number of thiophene rings is 1. The van der Waals surface area contributed by atoms with Gasteiger partial charge in [-0.05, 0) is 55.1 Å². The van der Waals surface area contributed by atoms with Gasteiger partial charge in [-0.1, -0.05) is 5.11 Å². The van der Waals surface area contributed by atoms with Gasteiger partial charge >= 0.3 is 0 Å². The lowest BCUT2D eigenvalue weighted by molar-refractivity contribution is 0.835. The Balaban J connectivity index is 1.78. The summed E-state index contributed by atoms with van der Waals surface area (Å²) in [7, 11) is 0. The molecular formula is C13H16N4S2. The molecule has 0 aromatic carbocycles. The molecule has 0 radical (unpaired) electrons. The van der Waals surface area contributed by atoms with Crippen molar-refractivity contribution in [3.05, 3.63) is 48.4 Å². The van der Waals surface area contributed by atoms with Crippen LogP contribution in [0.25, 0.3) is 10.4 Å². The number of rotatable bonds is 7. The molecule has 100 valence electrons. The highest BCUT2D eigenvalue weighted by atomic mass is 32.1. The third-order valence-electron chi connectivity index (χ3n) is 2.79. The van der Waals surface area contributed by atoms with Crippen LogP contribution >= 0.6 is 22.7 Å². The molecule has 0 saturated heterocycles. The zero-order chi connectivity index (χ0) is 13.5. The van der Waals surface area contributed by atoms with Crippen LogP contribution in [-0.2, 0) is 19.3 Å². The highest BCUT2D eigenvalue weighted by Crippen LogP contribution is 2.19. The molecule has 2 aromatic heterocycles. The average Bonchev–Trinajstić information content (AvgIpc) is 3.01. The van der Waals surface area contributed by atoms with Crippen molar-refractivity contribution in [2.45, 2.75) is 32.6 Å². The minimum absolute atomic E-state index is 0.585. The van der Waals surface area contributed by atoms with Gasteiger partial charge in [-0.25, -0.2) is 4.98 Å². The predicted octanol–water partition coefficient (Wildman–Crippen LogP) is 4.54. The number of aromatic nitrogens is 1. The molecule has 0 atom stereocenters. The maximum absolute atomic E-state index is 8.20. The minimum Gasteiger partial charge on any atom is -0.247 e. The standard InChI is InChI=1S/C13H16N4S2/c1-10-16-12(9-18-10)5-4-11-7-13(19-8-11)3-2-6-15-17-14/h7-9H,2-6H2,1H3. The van der Waals surface area contributed by atoms with Crippen LogP contribution in [0.1, 0.15) is 27.6 Å². The molecule has 2 rings (SSSR count). The fourth-order valence-corrected chi connectivity index (χ4v) is 3.47. The van der Waals surface area contributed by atoms with Crippen LogP contribution in [0.3, 0.4) is 0 Å². The van der Waals surface area contributed by atoms with Crippen LogP contribution in [0.2, 0.25) is 0 Å². The van der Waals surface area contributed by atoms with E-state index in [-0.39, 0.29) is 0 Å². The lowest BCUT2D eigenvalue weighted by Gasteiger charge is -1.95. The van der Waals surface area contributed by atoms with Crippen LogP contribution in [-0.4, -0.2) is 11.5 Å². The summed E-state index contributed by atoms with van der Waals surface area (Å²) in [5.74, 6) is 0. The fourth-order valence-electron chi connectivity index (χ4n) is 1.85. The molecule has 2 aromatic rings. The quantitative estimate of drug-likeness (QED) is 0.320. The molecule has 0 spiro atoms. The van der Waals surface area contributed by atoms with Crippen LogP contribution in [0.5, 0.6) is 0 Å². The normalized spacial score (nSPS) is 10.4. The number of azide groups is 1. The van der Waals surface area contributed by atoms with Gasteiger partial charge in [0.2, 0.25) is 0 Å². The van der Waals surface area contributed by atoms with E-state index in [1.54, 1.807) is 22.7 Å². The first-order chi connectivity index (χ1) is 9.28. The van der Waals surface area contributed by atoms with Crippen molar-refractivity contribution in [2.75, 3.05) is 6.54 Å². The van der Waals surface area contributed by atoms with Crippen molar-refractivity contribution >= 4 is 22.7 Å². The molecule has 0 unspecified atom stereocenters. The second-order valence-electron chi connectivity index (χ2n) is 4.34. The number of hydrogen-bond donors (Lipinski definition) is 0. The first-order valence-electron chi connectivity index (χ1n) is 6.26. The van der Waals surface area contributed by atoms with Crippen LogP contribution in [0, 0.1) is 6.92 Å². The van der Waals surface area contributed by atoms with Gasteiger partial charge in [0.1, 0.15) is 0 Å². The van der Waals surface area contributed by atoms with Crippen molar-refractivity contribution in [1.82, 2.24) is 4.98 Å². The van der Waals surface area contributed by atoms with Crippen LogP contribution < -0.4 is 0 Å². The Bertz CT molecular complexity index is 567. The summed E-state index contributed by atoms with van der Waals surface area (Å²) in [6.07, 6.45) is 3.99. The minimum atomic E-state index is 0.585. The monoisotopic (exact) mass is 292 g/mol. The SMILES string of the molecule is Cc1nc(CCc2csc(CCCN=[N+]=[N-])c2)cs1. The Kier molecular flexibility index (Phi) is 5.39. The maximum atomic E-state index is 8.20. The molecule has 0 bridgehead atoms. The van der Waals surface area contributed by atoms with E-state index in [9.17, 15) is 0 Å². The number of thiazole rings is 1. The molecule has 0 aliphatic heterocycles. The lowest BCUT2D eigenvalue weighted by atomic mass is 10.1. The van der Waals surface area contributed by atoms with E-state index >= 15 is 0 Å². The molecule has 0 aliphatic rings. The predicted molar refractivity (Wildman–Crippen MR) is 80.9 cm³/mol. The zero-order valence-electron chi connectivity index (χ0n) is 10.9. The average molecular weight is 292 g/mol. The Labute approximate surface area is 120 Å². The van der Waals surface area contributed by atoms with E-state index in [2.05, 4.69) is 31.8 Å². The van der Waals surface area contributed by atoms with Crippen molar-refractivity contribution in [3.63, 3.8) is 0 Å². The van der Waals surface area contributed by atoms with Gasteiger partial charge in [0.25, 0.3) is 0 Å². The Hall–Kier alpha value is -1.36. The van der Waals surface area contributed by atoms with Gasteiger partial charge in [0, 0.05) is 21.7 Å². The summed E-state index contributed by atoms with van der Waals surface area (Å²) in [5.41, 5.74) is 10.8. The second-order valence-corrected chi connectivity index (χ2v) is 6.40. The molecule has 0 N–H and O–H groups in total. The van der Waals surface area contributed by atoms with Crippen LogP contribution in [0.4, 0.5) is 0 Å². The number of nitrogens with zero attached hydrogens (tertiary/aromatic N) is 4. The molecular weight excluding hydrogens is 276 g/mol. The molecule has 19 heavy (non-hydrogen) atoms. The Morgan fingerprint density at radius 1 is 1.26 bits per heavy atom. The molecule has 0 amide bonds. The first kappa shape index (κ1) is 14.1. The summed E-state index contributed by atoms with van der Waals surface area (Å²) in [4.78, 5) is 8.61. The first-order valence-corrected chi connectivity index (χ1v) is 8.02. The van der Waals surface area contributed by atoms with Gasteiger partial charge in [-0.2, -0.15) is 0 Å². The summed E-state index contributed by atoms with van der Waals surface area (Å²) in [6.45, 7) is 2.63. The third kappa shape index (κ3) is 4.67.